The molecule has 0 atom stereocenters. The van der Waals surface area contributed by atoms with Crippen LogP contribution in [0.5, 0.6) is 0 Å². The van der Waals surface area contributed by atoms with Crippen LogP contribution in [0.4, 0.5) is 0 Å². The molecule has 0 spiro atoms. The number of halogens is 2. The van der Waals surface area contributed by atoms with Crippen molar-refractivity contribution in [3.63, 3.8) is 0 Å². The Balaban J connectivity index is 0.00000360. The van der Waals surface area contributed by atoms with E-state index >= 15 is 0 Å². The van der Waals surface area contributed by atoms with Crippen molar-refractivity contribution in [2.24, 2.45) is 0 Å². The summed E-state index contributed by atoms with van der Waals surface area (Å²) in [6.45, 7) is 8.59. The largest absolute Gasteiger partial charge is 1.00 e. The molecule has 0 unspecified atom stereocenters. The minimum Gasteiger partial charge on any atom is -1.00 e. The number of benzene rings is 4. The zero-order valence-electron chi connectivity index (χ0n) is 37.9. The predicted molar refractivity (Wildman–Crippen MR) is 272 cm³/mol. The van der Waals surface area contributed by atoms with E-state index in [-0.39, 0.29) is 30.7 Å². The van der Waals surface area contributed by atoms with E-state index in [9.17, 15) is 9.59 Å². The molecule has 7 nitrogen and oxygen atoms in total. The Morgan fingerprint density at radius 1 is 0.515 bits per heavy atom. The minimum atomic E-state index is 0. The predicted octanol–water partition coefficient (Wildman–Crippen LogP) is 5.97. The average Bonchev–Trinajstić information content (AvgIpc) is 3.83. The first-order valence-corrected chi connectivity index (χ1v) is 25.4. The average molecular weight is 957 g/mol. The molecule has 1 amide bonds. The van der Waals surface area contributed by atoms with Crippen LogP contribution in [0.15, 0.2) is 134 Å². The minimum absolute atomic E-state index is 0. The Morgan fingerprint density at radius 3 is 1.47 bits per heavy atom. The number of pyridine rings is 2. The molecule has 0 bridgehead atoms. The smallest absolute Gasteiger partial charge is 0.220 e. The Bertz CT molecular complexity index is 2720. The van der Waals surface area contributed by atoms with Gasteiger partial charge in [-0.15, -0.1) is 0 Å². The molecule has 0 saturated heterocycles. The summed E-state index contributed by atoms with van der Waals surface area (Å²) in [5.74, 6) is 2.24. The second-order valence-corrected chi connectivity index (χ2v) is 19.0. The van der Waals surface area contributed by atoms with E-state index in [4.69, 9.17) is 0 Å². The molecule has 0 aliphatic carbocycles. The molecule has 0 saturated carbocycles. The van der Waals surface area contributed by atoms with Gasteiger partial charge in [0, 0.05) is 131 Å². The van der Waals surface area contributed by atoms with Crippen LogP contribution in [-0.4, -0.2) is 38.9 Å². The number of Topliss-reactive ketones (excluding diaryl/α,β-unsaturated/α-hetero) is 1. The summed E-state index contributed by atoms with van der Waals surface area (Å²) in [5, 5.41) is 8.24. The molecule has 4 heterocycles. The summed E-state index contributed by atoms with van der Waals surface area (Å²) >= 11 is 0. The molecule has 8 aromatic rings. The Morgan fingerprint density at radius 2 is 0.955 bits per heavy atom. The van der Waals surface area contributed by atoms with Gasteiger partial charge < -0.3 is 39.3 Å². The highest BCUT2D eigenvalue weighted by atomic mass is 35.5. The molecule has 1 N–H and O–H groups in total. The summed E-state index contributed by atoms with van der Waals surface area (Å²) in [4.78, 5) is 25.0. The number of aromatic nitrogens is 4. The van der Waals surface area contributed by atoms with Gasteiger partial charge >= 0.3 is 0 Å². The summed E-state index contributed by atoms with van der Waals surface area (Å²) in [6, 6.07) is 39.2. The lowest BCUT2D eigenvalue weighted by Gasteiger charge is -2.05. The molecule has 11 heteroatoms. The van der Waals surface area contributed by atoms with Crippen LogP contribution in [0, 0.1) is 0 Å². The number of ketones is 1. The van der Waals surface area contributed by atoms with Gasteiger partial charge in [0.2, 0.25) is 5.91 Å². The van der Waals surface area contributed by atoms with Crippen molar-refractivity contribution in [3.8, 4) is 0 Å². The maximum atomic E-state index is 12.5. The van der Waals surface area contributed by atoms with Crippen LogP contribution in [0.2, 0.25) is 0 Å². The van der Waals surface area contributed by atoms with Crippen LogP contribution >= 0.6 is 21.6 Å². The van der Waals surface area contributed by atoms with E-state index in [0.717, 1.165) is 68.1 Å². The lowest BCUT2D eigenvalue weighted by Crippen LogP contribution is -3.00. The normalized spacial score (nSPS) is 11.5. The van der Waals surface area contributed by atoms with Crippen molar-refractivity contribution in [1.29, 1.82) is 0 Å². The van der Waals surface area contributed by atoms with Gasteiger partial charge in [-0.25, -0.2) is 9.13 Å². The monoisotopic (exact) mass is 955 g/mol. The van der Waals surface area contributed by atoms with Crippen LogP contribution in [0.25, 0.3) is 67.9 Å². The number of amides is 1. The first-order chi connectivity index (χ1) is 31.5. The maximum absolute atomic E-state index is 12.5. The first kappa shape index (κ1) is 50.1. The van der Waals surface area contributed by atoms with Crippen LogP contribution in [0.3, 0.4) is 0 Å². The fraction of sp³-hybridized carbons (Fsp3) is 0.273. The Hall–Kier alpha value is -5.32. The third-order valence-corrected chi connectivity index (χ3v) is 14.5. The fourth-order valence-electron chi connectivity index (χ4n) is 8.65. The Labute approximate surface area is 409 Å². The van der Waals surface area contributed by atoms with Gasteiger partial charge in [0.25, 0.3) is 0 Å². The molecule has 0 aliphatic rings. The van der Waals surface area contributed by atoms with Gasteiger partial charge in [-0.05, 0) is 78.9 Å². The van der Waals surface area contributed by atoms with Crippen LogP contribution < -0.4 is 39.3 Å². The number of nitrogens with one attached hydrogen (secondary N) is 1. The number of rotatable bonds is 22. The number of fused-ring (bicyclic) bond motifs is 6. The third kappa shape index (κ3) is 12.8. The molecule has 0 aliphatic heterocycles. The number of aryl methyl sites for hydroxylation is 4. The highest BCUT2D eigenvalue weighted by Crippen LogP contribution is 2.31. The second kappa shape index (κ2) is 25.0. The molecular weight excluding hydrogens is 898 g/mol. The lowest BCUT2D eigenvalue weighted by molar-refractivity contribution is -0.697. The van der Waals surface area contributed by atoms with E-state index < -0.39 is 0 Å². The Kier molecular flexibility index (Phi) is 19.0. The highest BCUT2D eigenvalue weighted by molar-refractivity contribution is 8.76. The number of para-hydroxylation sites is 2. The van der Waals surface area contributed by atoms with Gasteiger partial charge in [-0.3, -0.25) is 9.59 Å². The molecule has 4 aromatic heterocycles. The lowest BCUT2D eigenvalue weighted by atomic mass is 10.1. The van der Waals surface area contributed by atoms with Gasteiger partial charge in [0.15, 0.2) is 24.8 Å². The zero-order chi connectivity index (χ0) is 44.1. The standard InChI is InChI=1S/C55H58N5O2S2.2ClH/c1-3-59-51-16-7-5-14-47(51)49-40-44(23-25-53(49)59)21-19-42-27-34-57(35-28-42)32-9-12-46(61)13-11-38-63-64-39-31-56-55(62)18-10-33-58-36-29-43(30-37-58)20-22-45-24-26-54-50(41-45)48-15-6-8-17-52(48)60(54)4-2;;/h5-8,14-17,19-30,34-37,40-41H,3-4,9-13,18,31-33,38-39H2,1-2H3;2*1H/q+1;;/p-1. The number of hydrogen-bond acceptors (Lipinski definition) is 4. The van der Waals surface area contributed by atoms with Crippen molar-refractivity contribution in [2.45, 2.75) is 78.6 Å². The second-order valence-electron chi connectivity index (χ2n) is 16.3. The number of hydrogen-bond donors (Lipinski definition) is 1. The molecule has 4 aromatic carbocycles. The maximum Gasteiger partial charge on any atom is 0.220 e. The SMILES string of the molecule is CCn1c2ccccc2c2cc(/C=C/c3cc[n+](CCCC(=O)CCCSSCCNC(=O)CCC[n+]4ccc(/C=C/c5ccc6c(c5)c5ccccc5n6CC)cc4)cc3)ccc21.[Cl-].[Cl-]. The number of carbonyl (C=O) groups is 2. The van der Waals surface area contributed by atoms with E-state index in [0.29, 0.717) is 31.6 Å². The molecule has 342 valence electrons. The van der Waals surface area contributed by atoms with Crippen molar-refractivity contribution in [2.75, 3.05) is 18.1 Å². The van der Waals surface area contributed by atoms with E-state index in [1.165, 1.54) is 54.7 Å². The van der Waals surface area contributed by atoms with Gasteiger partial charge in [0.05, 0.1) is 0 Å². The van der Waals surface area contributed by atoms with E-state index in [1.807, 2.05) is 0 Å². The van der Waals surface area contributed by atoms with Crippen molar-refractivity contribution in [3.05, 3.63) is 156 Å². The van der Waals surface area contributed by atoms with Crippen LogP contribution in [0.1, 0.15) is 74.6 Å². The van der Waals surface area contributed by atoms with Gasteiger partial charge in [0.1, 0.15) is 18.9 Å². The molecular formula is C55H59Cl2N5O2S2. The van der Waals surface area contributed by atoms with E-state index in [2.05, 4.69) is 196 Å². The van der Waals surface area contributed by atoms with E-state index in [1.54, 1.807) is 21.6 Å². The summed E-state index contributed by atoms with van der Waals surface area (Å²) in [6.07, 6.45) is 21.3. The molecule has 66 heavy (non-hydrogen) atoms. The molecule has 0 radical (unpaired) electrons. The van der Waals surface area contributed by atoms with Crippen molar-refractivity contribution in [1.82, 2.24) is 14.5 Å². The van der Waals surface area contributed by atoms with Gasteiger partial charge in [-0.2, -0.15) is 0 Å². The summed E-state index contributed by atoms with van der Waals surface area (Å²) in [7, 11) is 3.55. The highest BCUT2D eigenvalue weighted by Gasteiger charge is 2.12. The topological polar surface area (TPSA) is 63.8 Å². The first-order valence-electron chi connectivity index (χ1n) is 22.9. The summed E-state index contributed by atoms with van der Waals surface area (Å²) < 4.78 is 9.06. The zero-order valence-corrected chi connectivity index (χ0v) is 41.0. The number of nitrogens with zero attached hydrogens (tertiary/aromatic N) is 4. The van der Waals surface area contributed by atoms with Crippen LogP contribution in [-0.2, 0) is 35.8 Å². The van der Waals surface area contributed by atoms with Crippen molar-refractivity contribution < 1.29 is 43.5 Å². The fourth-order valence-corrected chi connectivity index (χ4v) is 10.6. The van der Waals surface area contributed by atoms with Crippen molar-refractivity contribution >= 4 is 101 Å². The number of carbonyl (C=O) groups excluding carboxylic acids is 2. The molecule has 0 fully saturated rings. The van der Waals surface area contributed by atoms with Gasteiger partial charge in [-0.1, -0.05) is 94.4 Å². The third-order valence-electron chi connectivity index (χ3n) is 12.0. The quantitative estimate of drug-likeness (QED) is 0.0517. The summed E-state index contributed by atoms with van der Waals surface area (Å²) in [5.41, 5.74) is 9.79. The molecule has 8 rings (SSSR count).